The molecule has 0 spiro atoms. The Hall–Kier alpha value is -3.34. The highest BCUT2D eigenvalue weighted by Gasteiger charge is 2.13. The molecule has 3 rings (SSSR count). The second kappa shape index (κ2) is 7.70. The average Bonchev–Trinajstić information content (AvgIpc) is 3.17. The molecule has 26 heavy (non-hydrogen) atoms. The zero-order chi connectivity index (χ0) is 18.5. The Morgan fingerprint density at radius 3 is 2.46 bits per heavy atom. The summed E-state index contributed by atoms with van der Waals surface area (Å²) in [7, 11) is 0. The van der Waals surface area contributed by atoms with Gasteiger partial charge < -0.3 is 15.1 Å². The first-order valence-electron chi connectivity index (χ1n) is 8.33. The second-order valence-electron chi connectivity index (χ2n) is 6.07. The van der Waals surface area contributed by atoms with E-state index in [-0.39, 0.29) is 17.6 Å². The fraction of sp³-hybridized carbons (Fsp3) is 0.143. The molecule has 0 atom stereocenters. The van der Waals surface area contributed by atoms with Gasteiger partial charge in [0.1, 0.15) is 0 Å². The van der Waals surface area contributed by atoms with Gasteiger partial charge in [0.15, 0.2) is 5.76 Å². The molecule has 5 nitrogen and oxygen atoms in total. The lowest BCUT2D eigenvalue weighted by Crippen LogP contribution is -2.23. The highest BCUT2D eigenvalue weighted by molar-refractivity contribution is 6.03. The highest BCUT2D eigenvalue weighted by Crippen LogP contribution is 2.18. The predicted octanol–water partition coefficient (Wildman–Crippen LogP) is 4.08. The third kappa shape index (κ3) is 4.00. The number of hydrogen-bond acceptors (Lipinski definition) is 3. The summed E-state index contributed by atoms with van der Waals surface area (Å²) < 4.78 is 5.09. The lowest BCUT2D eigenvalue weighted by Gasteiger charge is -2.11. The van der Waals surface area contributed by atoms with Gasteiger partial charge in [0.05, 0.1) is 6.26 Å². The van der Waals surface area contributed by atoms with Gasteiger partial charge in [-0.3, -0.25) is 9.59 Å². The van der Waals surface area contributed by atoms with E-state index < -0.39 is 0 Å². The van der Waals surface area contributed by atoms with Gasteiger partial charge in [-0.05, 0) is 54.8 Å². The summed E-state index contributed by atoms with van der Waals surface area (Å²) in [6, 6.07) is 16.4. The highest BCUT2D eigenvalue weighted by atomic mass is 16.3. The van der Waals surface area contributed by atoms with Crippen LogP contribution in [-0.4, -0.2) is 11.8 Å². The SMILES string of the molecule is Cc1ccccc1CNC(=O)c1ccc(C)c(NC(=O)c2ccco2)c1. The molecule has 0 radical (unpaired) electrons. The Kier molecular flexibility index (Phi) is 5.17. The number of anilines is 1. The minimum atomic E-state index is -0.351. The summed E-state index contributed by atoms with van der Waals surface area (Å²) in [6.45, 7) is 4.33. The van der Waals surface area contributed by atoms with E-state index in [1.807, 2.05) is 38.1 Å². The van der Waals surface area contributed by atoms with Crippen LogP contribution >= 0.6 is 0 Å². The van der Waals surface area contributed by atoms with Crippen LogP contribution in [0.5, 0.6) is 0 Å². The average molecular weight is 348 g/mol. The predicted molar refractivity (Wildman–Crippen MR) is 100 cm³/mol. The molecule has 5 heteroatoms. The number of carbonyl (C=O) groups is 2. The van der Waals surface area contributed by atoms with Crippen molar-refractivity contribution in [1.82, 2.24) is 5.32 Å². The van der Waals surface area contributed by atoms with E-state index in [0.29, 0.717) is 17.8 Å². The molecule has 0 aliphatic heterocycles. The Bertz CT molecular complexity index is 930. The van der Waals surface area contributed by atoms with Crippen LogP contribution in [0.3, 0.4) is 0 Å². The van der Waals surface area contributed by atoms with Gasteiger partial charge in [-0.15, -0.1) is 0 Å². The number of benzene rings is 2. The second-order valence-corrected chi connectivity index (χ2v) is 6.07. The van der Waals surface area contributed by atoms with Gasteiger partial charge >= 0.3 is 0 Å². The zero-order valence-electron chi connectivity index (χ0n) is 14.7. The molecule has 0 bridgehead atoms. The summed E-state index contributed by atoms with van der Waals surface area (Å²) in [5.74, 6) is -0.323. The maximum absolute atomic E-state index is 12.5. The Labute approximate surface area is 152 Å². The van der Waals surface area contributed by atoms with Crippen molar-refractivity contribution in [2.24, 2.45) is 0 Å². The monoisotopic (exact) mass is 348 g/mol. The van der Waals surface area contributed by atoms with Crippen LogP contribution in [0, 0.1) is 13.8 Å². The van der Waals surface area contributed by atoms with E-state index in [0.717, 1.165) is 16.7 Å². The number of rotatable bonds is 5. The number of nitrogens with one attached hydrogen (secondary N) is 2. The third-order valence-corrected chi connectivity index (χ3v) is 4.19. The van der Waals surface area contributed by atoms with Crippen LogP contribution in [0.1, 0.15) is 37.6 Å². The van der Waals surface area contributed by atoms with E-state index >= 15 is 0 Å². The molecule has 0 fully saturated rings. The van der Waals surface area contributed by atoms with Crippen LogP contribution in [0.15, 0.2) is 65.3 Å². The van der Waals surface area contributed by atoms with Gasteiger partial charge in [-0.2, -0.15) is 0 Å². The van der Waals surface area contributed by atoms with Crippen molar-refractivity contribution in [3.05, 3.63) is 88.9 Å². The van der Waals surface area contributed by atoms with Crippen molar-refractivity contribution in [2.75, 3.05) is 5.32 Å². The number of carbonyl (C=O) groups excluding carboxylic acids is 2. The van der Waals surface area contributed by atoms with Crippen molar-refractivity contribution in [3.63, 3.8) is 0 Å². The molecular formula is C21H20N2O3. The molecule has 1 aromatic heterocycles. The first-order valence-corrected chi connectivity index (χ1v) is 8.33. The zero-order valence-corrected chi connectivity index (χ0v) is 14.7. The normalized spacial score (nSPS) is 10.4. The smallest absolute Gasteiger partial charge is 0.291 e. The number of furan rings is 1. The topological polar surface area (TPSA) is 71.3 Å². The summed E-state index contributed by atoms with van der Waals surface area (Å²) in [4.78, 5) is 24.6. The maximum Gasteiger partial charge on any atom is 0.291 e. The largest absolute Gasteiger partial charge is 0.459 e. The van der Waals surface area contributed by atoms with E-state index in [1.54, 1.807) is 30.3 Å². The van der Waals surface area contributed by atoms with Crippen LogP contribution in [-0.2, 0) is 6.54 Å². The van der Waals surface area contributed by atoms with Crippen molar-refractivity contribution in [2.45, 2.75) is 20.4 Å². The van der Waals surface area contributed by atoms with Crippen molar-refractivity contribution >= 4 is 17.5 Å². The molecule has 1 heterocycles. The van der Waals surface area contributed by atoms with Gasteiger partial charge in [0, 0.05) is 17.8 Å². The van der Waals surface area contributed by atoms with Crippen LogP contribution in [0.25, 0.3) is 0 Å². The fourth-order valence-electron chi connectivity index (χ4n) is 2.58. The third-order valence-electron chi connectivity index (χ3n) is 4.19. The van der Waals surface area contributed by atoms with E-state index in [4.69, 9.17) is 4.42 Å². The molecule has 2 aromatic carbocycles. The van der Waals surface area contributed by atoms with E-state index in [2.05, 4.69) is 10.6 Å². The number of aryl methyl sites for hydroxylation is 2. The molecule has 0 saturated heterocycles. The Morgan fingerprint density at radius 2 is 1.73 bits per heavy atom. The molecule has 0 unspecified atom stereocenters. The van der Waals surface area contributed by atoms with Crippen LogP contribution in [0.4, 0.5) is 5.69 Å². The summed E-state index contributed by atoms with van der Waals surface area (Å²) in [5.41, 5.74) is 4.12. The standard InChI is InChI=1S/C21H20N2O3/c1-14-6-3-4-7-17(14)13-22-20(24)16-10-9-15(2)18(12-16)23-21(25)19-8-5-11-26-19/h3-12H,13H2,1-2H3,(H,22,24)(H,23,25). The van der Waals surface area contributed by atoms with Crippen molar-refractivity contribution < 1.29 is 14.0 Å². The van der Waals surface area contributed by atoms with Crippen molar-refractivity contribution in [1.29, 1.82) is 0 Å². The molecule has 0 aliphatic rings. The number of amides is 2. The van der Waals surface area contributed by atoms with Gasteiger partial charge in [-0.25, -0.2) is 0 Å². The lowest BCUT2D eigenvalue weighted by atomic mass is 10.1. The van der Waals surface area contributed by atoms with Crippen LogP contribution in [0.2, 0.25) is 0 Å². The minimum Gasteiger partial charge on any atom is -0.459 e. The lowest BCUT2D eigenvalue weighted by molar-refractivity contribution is 0.0949. The molecule has 0 saturated carbocycles. The Morgan fingerprint density at radius 1 is 0.923 bits per heavy atom. The minimum absolute atomic E-state index is 0.193. The first kappa shape index (κ1) is 17.5. The van der Waals surface area contributed by atoms with E-state index in [1.165, 1.54) is 6.26 Å². The summed E-state index contributed by atoms with van der Waals surface area (Å²) >= 11 is 0. The summed E-state index contributed by atoms with van der Waals surface area (Å²) in [5, 5.41) is 5.69. The van der Waals surface area contributed by atoms with Gasteiger partial charge in [0.25, 0.3) is 11.8 Å². The van der Waals surface area contributed by atoms with Gasteiger partial charge in [0.2, 0.25) is 0 Å². The number of hydrogen-bond donors (Lipinski definition) is 2. The molecule has 2 N–H and O–H groups in total. The molecule has 3 aromatic rings. The van der Waals surface area contributed by atoms with E-state index in [9.17, 15) is 9.59 Å². The summed E-state index contributed by atoms with van der Waals surface area (Å²) in [6.07, 6.45) is 1.44. The molecule has 0 aliphatic carbocycles. The molecule has 2 amide bonds. The van der Waals surface area contributed by atoms with Crippen LogP contribution < -0.4 is 10.6 Å². The Balaban J connectivity index is 1.71. The molecular weight excluding hydrogens is 328 g/mol. The first-order chi connectivity index (χ1) is 12.5. The van der Waals surface area contributed by atoms with Crippen molar-refractivity contribution in [3.8, 4) is 0 Å². The van der Waals surface area contributed by atoms with Gasteiger partial charge in [-0.1, -0.05) is 30.3 Å². The quantitative estimate of drug-likeness (QED) is 0.730. The molecule has 132 valence electrons. The fourth-order valence-corrected chi connectivity index (χ4v) is 2.58. The maximum atomic E-state index is 12.5.